The van der Waals surface area contributed by atoms with Gasteiger partial charge in [-0.3, -0.25) is 4.79 Å². The van der Waals surface area contributed by atoms with E-state index in [0.29, 0.717) is 42.4 Å². The zero-order valence-corrected chi connectivity index (χ0v) is 15.0. The number of benzene rings is 2. The molecule has 0 saturated heterocycles. The van der Waals surface area contributed by atoms with Crippen LogP contribution in [0.15, 0.2) is 42.5 Å². The number of carbonyl (C=O) groups is 2. The first kappa shape index (κ1) is 19.3. The van der Waals surface area contributed by atoms with Gasteiger partial charge in [0, 0.05) is 12.1 Å². The average Bonchev–Trinajstić information content (AvgIpc) is 2.61. The van der Waals surface area contributed by atoms with E-state index in [0.717, 1.165) is 0 Å². The number of hydrogen-bond donors (Lipinski definition) is 2. The third-order valence-corrected chi connectivity index (χ3v) is 3.71. The fourth-order valence-corrected chi connectivity index (χ4v) is 2.41. The van der Waals surface area contributed by atoms with Gasteiger partial charge < -0.3 is 19.9 Å². The van der Waals surface area contributed by atoms with Crippen LogP contribution in [-0.2, 0) is 4.79 Å². The molecule has 0 aliphatic heterocycles. The topological polar surface area (TPSA) is 84.9 Å². The van der Waals surface area contributed by atoms with E-state index in [1.165, 1.54) is 6.07 Å². The second kappa shape index (κ2) is 9.46. The number of hydrogen-bond acceptors (Lipinski definition) is 4. The first-order valence-electron chi connectivity index (χ1n) is 8.49. The fourth-order valence-electron chi connectivity index (χ4n) is 2.41. The highest BCUT2D eigenvalue weighted by Crippen LogP contribution is 2.26. The van der Waals surface area contributed by atoms with E-state index in [2.05, 4.69) is 5.32 Å². The Morgan fingerprint density at radius 1 is 1.08 bits per heavy atom. The largest absolute Gasteiger partial charge is 0.490 e. The summed E-state index contributed by atoms with van der Waals surface area (Å²) in [6.07, 6.45) is 0.803. The first-order valence-corrected chi connectivity index (χ1v) is 8.49. The number of carbonyl (C=O) groups excluding carboxylic acids is 1. The summed E-state index contributed by atoms with van der Waals surface area (Å²) in [4.78, 5) is 23.2. The van der Waals surface area contributed by atoms with Crippen molar-refractivity contribution in [3.05, 3.63) is 53.6 Å². The molecule has 26 heavy (non-hydrogen) atoms. The van der Waals surface area contributed by atoms with Crippen LogP contribution in [0.25, 0.3) is 0 Å². The molecule has 2 aromatic carbocycles. The molecule has 0 bridgehead atoms. The molecule has 0 aliphatic carbocycles. The van der Waals surface area contributed by atoms with Gasteiger partial charge in [0.25, 0.3) is 0 Å². The van der Waals surface area contributed by atoms with Crippen LogP contribution >= 0.6 is 0 Å². The maximum Gasteiger partial charge on any atom is 0.336 e. The number of carboxylic acids is 1. The average molecular weight is 357 g/mol. The van der Waals surface area contributed by atoms with E-state index in [-0.39, 0.29) is 17.9 Å². The second-order valence-electron chi connectivity index (χ2n) is 5.71. The molecule has 0 radical (unpaired) electrons. The van der Waals surface area contributed by atoms with Gasteiger partial charge in [0.1, 0.15) is 0 Å². The second-order valence-corrected chi connectivity index (χ2v) is 5.71. The Bertz CT molecular complexity index is 773. The van der Waals surface area contributed by atoms with Crippen molar-refractivity contribution < 1.29 is 24.2 Å². The molecule has 0 atom stereocenters. The third-order valence-electron chi connectivity index (χ3n) is 3.71. The smallest absolute Gasteiger partial charge is 0.336 e. The van der Waals surface area contributed by atoms with Crippen LogP contribution in [0, 0.1) is 6.92 Å². The van der Waals surface area contributed by atoms with Crippen LogP contribution in [0.4, 0.5) is 5.69 Å². The Hall–Kier alpha value is -3.02. The minimum atomic E-state index is -1.01. The van der Waals surface area contributed by atoms with Gasteiger partial charge in [-0.15, -0.1) is 0 Å². The lowest BCUT2D eigenvalue weighted by Crippen LogP contribution is -2.13. The number of ether oxygens (including phenoxy) is 2. The molecule has 0 aromatic heterocycles. The normalized spacial score (nSPS) is 10.2. The summed E-state index contributed by atoms with van der Waals surface area (Å²) in [5.74, 6) is 0.131. The van der Waals surface area contributed by atoms with Gasteiger partial charge in [0.2, 0.25) is 5.91 Å². The molecular weight excluding hydrogens is 334 g/mol. The number of anilines is 1. The monoisotopic (exact) mass is 357 g/mol. The van der Waals surface area contributed by atoms with E-state index < -0.39 is 5.97 Å². The van der Waals surface area contributed by atoms with E-state index in [1.54, 1.807) is 19.1 Å². The number of amides is 1. The van der Waals surface area contributed by atoms with Crippen LogP contribution in [0.5, 0.6) is 11.5 Å². The Morgan fingerprint density at radius 2 is 1.77 bits per heavy atom. The molecule has 2 aromatic rings. The van der Waals surface area contributed by atoms with Crippen molar-refractivity contribution in [2.24, 2.45) is 0 Å². The van der Waals surface area contributed by atoms with Crippen molar-refractivity contribution in [1.29, 1.82) is 0 Å². The van der Waals surface area contributed by atoms with Gasteiger partial charge in [-0.2, -0.15) is 0 Å². The van der Waals surface area contributed by atoms with Gasteiger partial charge in [-0.1, -0.05) is 18.2 Å². The van der Waals surface area contributed by atoms with Gasteiger partial charge >= 0.3 is 5.97 Å². The van der Waals surface area contributed by atoms with Gasteiger partial charge in [-0.05, 0) is 50.1 Å². The summed E-state index contributed by atoms with van der Waals surface area (Å²) >= 11 is 0. The lowest BCUT2D eigenvalue weighted by Gasteiger charge is -2.11. The van der Waals surface area contributed by atoms with Crippen LogP contribution in [0.3, 0.4) is 0 Å². The lowest BCUT2D eigenvalue weighted by atomic mass is 10.1. The van der Waals surface area contributed by atoms with Crippen molar-refractivity contribution >= 4 is 17.6 Å². The summed E-state index contributed by atoms with van der Waals surface area (Å²) < 4.78 is 11.2. The molecule has 138 valence electrons. The summed E-state index contributed by atoms with van der Waals surface area (Å²) in [5.41, 5.74) is 1.30. The molecule has 6 heteroatoms. The molecule has 0 saturated carbocycles. The molecule has 0 aliphatic rings. The fraction of sp³-hybridized carbons (Fsp3) is 0.300. The quantitative estimate of drug-likeness (QED) is 0.665. The van der Waals surface area contributed by atoms with Gasteiger partial charge in [-0.25, -0.2) is 4.79 Å². The number of rotatable bonds is 9. The molecule has 0 unspecified atom stereocenters. The summed E-state index contributed by atoms with van der Waals surface area (Å²) in [6.45, 7) is 4.55. The Labute approximate surface area is 152 Å². The summed E-state index contributed by atoms with van der Waals surface area (Å²) in [7, 11) is 0. The predicted molar refractivity (Wildman–Crippen MR) is 99.1 cm³/mol. The number of para-hydroxylation sites is 2. The molecule has 1 amide bonds. The highest BCUT2D eigenvalue weighted by molar-refractivity contribution is 5.94. The van der Waals surface area contributed by atoms with E-state index in [4.69, 9.17) is 14.6 Å². The molecule has 2 rings (SSSR count). The van der Waals surface area contributed by atoms with Crippen molar-refractivity contribution in [2.75, 3.05) is 18.5 Å². The maximum atomic E-state index is 12.0. The van der Waals surface area contributed by atoms with Gasteiger partial charge in [0.15, 0.2) is 11.5 Å². The lowest BCUT2D eigenvalue weighted by molar-refractivity contribution is -0.116. The Balaban J connectivity index is 1.81. The minimum absolute atomic E-state index is 0.179. The zero-order chi connectivity index (χ0) is 18.9. The van der Waals surface area contributed by atoms with Crippen LogP contribution in [0.1, 0.15) is 35.7 Å². The van der Waals surface area contributed by atoms with Crippen molar-refractivity contribution in [3.8, 4) is 11.5 Å². The Morgan fingerprint density at radius 3 is 2.42 bits per heavy atom. The third kappa shape index (κ3) is 5.51. The summed E-state index contributed by atoms with van der Waals surface area (Å²) in [6, 6.07) is 12.2. The van der Waals surface area contributed by atoms with Crippen LogP contribution in [0.2, 0.25) is 0 Å². The van der Waals surface area contributed by atoms with E-state index in [1.807, 2.05) is 31.2 Å². The number of carboxylic acid groups (broad SMARTS) is 1. The molecule has 2 N–H and O–H groups in total. The molecule has 0 fully saturated rings. The van der Waals surface area contributed by atoms with Crippen molar-refractivity contribution in [3.63, 3.8) is 0 Å². The van der Waals surface area contributed by atoms with Gasteiger partial charge in [0.05, 0.1) is 18.8 Å². The van der Waals surface area contributed by atoms with Crippen molar-refractivity contribution in [1.82, 2.24) is 0 Å². The number of aryl methyl sites for hydroxylation is 1. The SMILES string of the molecule is CCOc1ccccc1OCCCC(=O)Nc1ccc(C)c(C(=O)O)c1. The van der Waals surface area contributed by atoms with E-state index in [9.17, 15) is 9.59 Å². The highest BCUT2D eigenvalue weighted by atomic mass is 16.5. The molecule has 0 heterocycles. The maximum absolute atomic E-state index is 12.0. The minimum Gasteiger partial charge on any atom is -0.490 e. The first-order chi connectivity index (χ1) is 12.5. The predicted octanol–water partition coefficient (Wildman–Crippen LogP) is 3.89. The van der Waals surface area contributed by atoms with Crippen LogP contribution in [-0.4, -0.2) is 30.2 Å². The standard InChI is InChI=1S/C20H23NO5/c1-3-25-17-7-4-5-8-18(17)26-12-6-9-19(22)21-15-11-10-14(2)16(13-15)20(23)24/h4-5,7-8,10-11,13H,3,6,9,12H2,1-2H3,(H,21,22)(H,23,24). The molecular formula is C20H23NO5. The highest BCUT2D eigenvalue weighted by Gasteiger charge is 2.10. The zero-order valence-electron chi connectivity index (χ0n) is 15.0. The van der Waals surface area contributed by atoms with E-state index >= 15 is 0 Å². The number of aromatic carboxylic acids is 1. The van der Waals surface area contributed by atoms with Crippen LogP contribution < -0.4 is 14.8 Å². The Kier molecular flexibility index (Phi) is 7.02. The molecule has 0 spiro atoms. The molecule has 6 nitrogen and oxygen atoms in total. The summed E-state index contributed by atoms with van der Waals surface area (Å²) in [5, 5.41) is 11.8. The van der Waals surface area contributed by atoms with Crippen molar-refractivity contribution in [2.45, 2.75) is 26.7 Å². The number of nitrogens with one attached hydrogen (secondary N) is 1.